The SMILES string of the molecule is COc1ccc(N2C(=O)CCC2C(=O)NC2CCS(=O)(=O)C2)cc1. The Morgan fingerprint density at radius 2 is 1.96 bits per heavy atom. The van der Waals surface area contributed by atoms with Crippen LogP contribution in [-0.4, -0.2) is 50.9 Å². The van der Waals surface area contributed by atoms with Crippen LogP contribution in [0.5, 0.6) is 5.75 Å². The number of amides is 2. The van der Waals surface area contributed by atoms with Crippen LogP contribution in [0, 0.1) is 0 Å². The molecule has 2 saturated heterocycles. The maximum Gasteiger partial charge on any atom is 0.243 e. The molecule has 2 atom stereocenters. The van der Waals surface area contributed by atoms with Crippen LogP contribution in [0.2, 0.25) is 0 Å². The van der Waals surface area contributed by atoms with E-state index in [9.17, 15) is 18.0 Å². The first-order valence-electron chi connectivity index (χ1n) is 7.86. The molecule has 0 aliphatic carbocycles. The third kappa shape index (κ3) is 3.38. The largest absolute Gasteiger partial charge is 0.497 e. The van der Waals surface area contributed by atoms with Gasteiger partial charge in [-0.3, -0.25) is 14.5 Å². The van der Waals surface area contributed by atoms with Gasteiger partial charge in [0, 0.05) is 18.2 Å². The number of carbonyl (C=O) groups excluding carboxylic acids is 2. The molecule has 2 amide bonds. The molecule has 2 aliphatic rings. The van der Waals surface area contributed by atoms with Crippen LogP contribution in [0.15, 0.2) is 24.3 Å². The minimum Gasteiger partial charge on any atom is -0.497 e. The van der Waals surface area contributed by atoms with Gasteiger partial charge in [0.2, 0.25) is 11.8 Å². The van der Waals surface area contributed by atoms with Gasteiger partial charge in [0.1, 0.15) is 11.8 Å². The molecule has 2 heterocycles. The third-order valence-electron chi connectivity index (χ3n) is 4.44. The zero-order chi connectivity index (χ0) is 17.3. The van der Waals surface area contributed by atoms with Crippen molar-refractivity contribution >= 4 is 27.3 Å². The summed E-state index contributed by atoms with van der Waals surface area (Å²) in [5.41, 5.74) is 0.637. The van der Waals surface area contributed by atoms with Crippen LogP contribution in [0.4, 0.5) is 5.69 Å². The summed E-state index contributed by atoms with van der Waals surface area (Å²) in [5.74, 6) is 0.340. The Morgan fingerprint density at radius 1 is 1.25 bits per heavy atom. The van der Waals surface area contributed by atoms with Crippen molar-refractivity contribution in [2.45, 2.75) is 31.3 Å². The van der Waals surface area contributed by atoms with Crippen molar-refractivity contribution in [3.05, 3.63) is 24.3 Å². The van der Waals surface area contributed by atoms with Gasteiger partial charge in [-0.2, -0.15) is 0 Å². The number of carbonyl (C=O) groups is 2. The first kappa shape index (κ1) is 16.8. The van der Waals surface area contributed by atoms with E-state index >= 15 is 0 Å². The van der Waals surface area contributed by atoms with E-state index < -0.39 is 15.9 Å². The average Bonchev–Trinajstić information content (AvgIpc) is 3.09. The summed E-state index contributed by atoms with van der Waals surface area (Å²) in [6.07, 6.45) is 1.15. The summed E-state index contributed by atoms with van der Waals surface area (Å²) >= 11 is 0. The number of nitrogens with zero attached hydrogens (tertiary/aromatic N) is 1. The van der Waals surface area contributed by atoms with Crippen molar-refractivity contribution in [3.63, 3.8) is 0 Å². The summed E-state index contributed by atoms with van der Waals surface area (Å²) in [6, 6.07) is 5.98. The maximum absolute atomic E-state index is 12.5. The zero-order valence-electron chi connectivity index (χ0n) is 13.4. The Bertz CT molecular complexity index is 744. The topological polar surface area (TPSA) is 92.8 Å². The number of hydrogen-bond acceptors (Lipinski definition) is 5. The van der Waals surface area contributed by atoms with Crippen LogP contribution < -0.4 is 15.0 Å². The van der Waals surface area contributed by atoms with Crippen molar-refractivity contribution < 1.29 is 22.7 Å². The molecule has 0 radical (unpaired) electrons. The normalized spacial score (nSPS) is 25.7. The number of hydrogen-bond donors (Lipinski definition) is 1. The number of nitrogens with one attached hydrogen (secondary N) is 1. The summed E-state index contributed by atoms with van der Waals surface area (Å²) in [4.78, 5) is 26.2. The number of methoxy groups -OCH3 is 1. The van der Waals surface area contributed by atoms with Crippen LogP contribution >= 0.6 is 0 Å². The molecule has 1 N–H and O–H groups in total. The van der Waals surface area contributed by atoms with Gasteiger partial charge in [0.15, 0.2) is 9.84 Å². The van der Waals surface area contributed by atoms with Crippen molar-refractivity contribution in [1.82, 2.24) is 5.32 Å². The van der Waals surface area contributed by atoms with Gasteiger partial charge in [-0.25, -0.2) is 8.42 Å². The fourth-order valence-electron chi connectivity index (χ4n) is 3.20. The van der Waals surface area contributed by atoms with Crippen LogP contribution in [0.25, 0.3) is 0 Å². The minimum atomic E-state index is -3.06. The van der Waals surface area contributed by atoms with Gasteiger partial charge in [-0.15, -0.1) is 0 Å². The average molecular weight is 352 g/mol. The van der Waals surface area contributed by atoms with Gasteiger partial charge in [-0.05, 0) is 37.1 Å². The lowest BCUT2D eigenvalue weighted by atomic mass is 10.1. The molecule has 0 spiro atoms. The predicted octanol–water partition coefficient (Wildman–Crippen LogP) is 0.494. The highest BCUT2D eigenvalue weighted by Gasteiger charge is 2.39. The highest BCUT2D eigenvalue weighted by atomic mass is 32.2. The third-order valence-corrected chi connectivity index (χ3v) is 6.21. The van der Waals surface area contributed by atoms with Crippen molar-refractivity contribution in [3.8, 4) is 5.75 Å². The molecule has 24 heavy (non-hydrogen) atoms. The van der Waals surface area contributed by atoms with E-state index in [0.717, 1.165) is 0 Å². The summed E-state index contributed by atoms with van der Waals surface area (Å²) in [6.45, 7) is 0. The standard InChI is InChI=1S/C16H20N2O5S/c1-23-13-4-2-12(3-5-13)18-14(6-7-15(18)19)16(20)17-11-8-9-24(21,22)10-11/h2-5,11,14H,6-10H2,1H3,(H,17,20). The lowest BCUT2D eigenvalue weighted by Crippen LogP contribution is -2.48. The first-order chi connectivity index (χ1) is 11.4. The molecular weight excluding hydrogens is 332 g/mol. The number of benzene rings is 1. The molecule has 0 saturated carbocycles. The molecule has 1 aromatic carbocycles. The fourth-order valence-corrected chi connectivity index (χ4v) is 4.88. The van der Waals surface area contributed by atoms with Gasteiger partial charge < -0.3 is 10.1 Å². The Labute approximate surface area is 140 Å². The lowest BCUT2D eigenvalue weighted by molar-refractivity contribution is -0.124. The number of sulfone groups is 1. The second-order valence-corrected chi connectivity index (χ2v) is 8.35. The molecule has 2 fully saturated rings. The predicted molar refractivity (Wildman–Crippen MR) is 88.7 cm³/mol. The molecular formula is C16H20N2O5S. The van der Waals surface area contributed by atoms with Gasteiger partial charge in [-0.1, -0.05) is 0 Å². The van der Waals surface area contributed by atoms with Crippen molar-refractivity contribution in [1.29, 1.82) is 0 Å². The molecule has 7 nitrogen and oxygen atoms in total. The Hall–Kier alpha value is -2.09. The highest BCUT2D eigenvalue weighted by molar-refractivity contribution is 7.91. The quantitative estimate of drug-likeness (QED) is 0.851. The molecule has 1 aromatic rings. The molecule has 0 bridgehead atoms. The second-order valence-electron chi connectivity index (χ2n) is 6.12. The van der Waals surface area contributed by atoms with E-state index in [2.05, 4.69) is 5.32 Å². The second kappa shape index (κ2) is 6.43. The monoisotopic (exact) mass is 352 g/mol. The molecule has 130 valence electrons. The Balaban J connectivity index is 1.73. The van der Waals surface area contributed by atoms with Gasteiger partial charge >= 0.3 is 0 Å². The van der Waals surface area contributed by atoms with Crippen LogP contribution in [0.1, 0.15) is 19.3 Å². The van der Waals surface area contributed by atoms with E-state index in [-0.39, 0.29) is 29.4 Å². The smallest absolute Gasteiger partial charge is 0.243 e. The maximum atomic E-state index is 12.5. The van der Waals surface area contributed by atoms with Crippen LogP contribution in [-0.2, 0) is 19.4 Å². The summed E-state index contributed by atoms with van der Waals surface area (Å²) in [5, 5.41) is 2.78. The minimum absolute atomic E-state index is 0.0259. The van der Waals surface area contributed by atoms with Gasteiger partial charge in [0.25, 0.3) is 0 Å². The van der Waals surface area contributed by atoms with E-state index in [1.807, 2.05) is 0 Å². The Kier molecular flexibility index (Phi) is 4.49. The summed E-state index contributed by atoms with van der Waals surface area (Å²) < 4.78 is 28.1. The van der Waals surface area contributed by atoms with Crippen molar-refractivity contribution in [2.75, 3.05) is 23.5 Å². The zero-order valence-corrected chi connectivity index (χ0v) is 14.2. The molecule has 2 aliphatic heterocycles. The fraction of sp³-hybridized carbons (Fsp3) is 0.500. The van der Waals surface area contributed by atoms with E-state index in [4.69, 9.17) is 4.74 Å². The molecule has 8 heteroatoms. The number of ether oxygens (including phenoxy) is 1. The number of anilines is 1. The number of rotatable bonds is 4. The molecule has 3 rings (SSSR count). The Morgan fingerprint density at radius 3 is 2.54 bits per heavy atom. The van der Waals surface area contributed by atoms with Gasteiger partial charge in [0.05, 0.1) is 18.6 Å². The lowest BCUT2D eigenvalue weighted by Gasteiger charge is -2.25. The molecule has 0 aromatic heterocycles. The molecule has 2 unspecified atom stereocenters. The van der Waals surface area contributed by atoms with Crippen LogP contribution in [0.3, 0.4) is 0 Å². The highest BCUT2D eigenvalue weighted by Crippen LogP contribution is 2.28. The van der Waals surface area contributed by atoms with E-state index in [0.29, 0.717) is 30.7 Å². The summed E-state index contributed by atoms with van der Waals surface area (Å²) in [7, 11) is -1.50. The van der Waals surface area contributed by atoms with E-state index in [1.54, 1.807) is 31.4 Å². The van der Waals surface area contributed by atoms with Crippen molar-refractivity contribution in [2.24, 2.45) is 0 Å². The van der Waals surface area contributed by atoms with E-state index in [1.165, 1.54) is 4.90 Å². The first-order valence-corrected chi connectivity index (χ1v) is 9.69.